The van der Waals surface area contributed by atoms with Gasteiger partial charge in [0.1, 0.15) is 0 Å². The molecule has 0 radical (unpaired) electrons. The summed E-state index contributed by atoms with van der Waals surface area (Å²) in [6.45, 7) is 4.69. The van der Waals surface area contributed by atoms with Gasteiger partial charge in [-0.3, -0.25) is 14.2 Å². The Hall–Kier alpha value is -0.970. The standard InChI is InChI=1S/C26H39FN2O/c27-15-12-24-20-21-6-4-5-9-25(21)26(30-24)13-10-23(11-14-26)29-18-16-28(17-19-29)22-7-2-1-3-8-22/h4-6,9,22-24H,1-3,7-8,10-20H2/t23?,24-,26?/m0/s1. The molecular weight excluding hydrogens is 375 g/mol. The molecule has 1 aromatic carbocycles. The number of ether oxygens (including phenoxy) is 1. The first kappa shape index (κ1) is 20.9. The van der Waals surface area contributed by atoms with Gasteiger partial charge in [-0.05, 0) is 56.1 Å². The van der Waals surface area contributed by atoms with E-state index in [0.29, 0.717) is 12.5 Å². The summed E-state index contributed by atoms with van der Waals surface area (Å²) in [5.41, 5.74) is 2.61. The number of nitrogens with zero attached hydrogens (tertiary/aromatic N) is 2. The van der Waals surface area contributed by atoms with Crippen molar-refractivity contribution in [2.75, 3.05) is 32.9 Å². The molecule has 4 heteroatoms. The van der Waals surface area contributed by atoms with Crippen LogP contribution in [0.25, 0.3) is 0 Å². The zero-order valence-electron chi connectivity index (χ0n) is 18.5. The van der Waals surface area contributed by atoms with Crippen LogP contribution in [0.5, 0.6) is 0 Å². The molecule has 3 fully saturated rings. The molecule has 2 heterocycles. The lowest BCUT2D eigenvalue weighted by Gasteiger charge is -2.50. The third-order valence-electron chi connectivity index (χ3n) is 8.50. The molecule has 2 aliphatic carbocycles. The predicted octanol–water partition coefficient (Wildman–Crippen LogP) is 5.08. The van der Waals surface area contributed by atoms with Crippen molar-refractivity contribution in [3.8, 4) is 0 Å². The van der Waals surface area contributed by atoms with E-state index in [0.717, 1.165) is 25.3 Å². The SMILES string of the molecule is FCC[C@H]1Cc2ccccc2C2(CCC(N3CCN(C4CCCCC4)CC3)CC2)O1. The molecule has 4 aliphatic rings. The molecule has 30 heavy (non-hydrogen) atoms. The van der Waals surface area contributed by atoms with Crippen LogP contribution in [0.4, 0.5) is 4.39 Å². The summed E-state index contributed by atoms with van der Waals surface area (Å²) in [5.74, 6) is 0. The average Bonchev–Trinajstić information content (AvgIpc) is 2.81. The van der Waals surface area contributed by atoms with Crippen LogP contribution in [0.15, 0.2) is 24.3 Å². The van der Waals surface area contributed by atoms with Gasteiger partial charge in [0.2, 0.25) is 0 Å². The molecule has 0 bridgehead atoms. The van der Waals surface area contributed by atoms with E-state index in [4.69, 9.17) is 4.74 Å². The molecule has 0 amide bonds. The molecular formula is C26H39FN2O. The van der Waals surface area contributed by atoms with Gasteiger partial charge in [-0.2, -0.15) is 0 Å². The first-order valence-electron chi connectivity index (χ1n) is 12.6. The number of benzene rings is 1. The van der Waals surface area contributed by atoms with E-state index in [2.05, 4.69) is 34.1 Å². The van der Waals surface area contributed by atoms with Crippen LogP contribution >= 0.6 is 0 Å². The van der Waals surface area contributed by atoms with Gasteiger partial charge >= 0.3 is 0 Å². The van der Waals surface area contributed by atoms with Gasteiger partial charge in [-0.15, -0.1) is 0 Å². The molecule has 166 valence electrons. The van der Waals surface area contributed by atoms with Gasteiger partial charge in [0.05, 0.1) is 18.4 Å². The summed E-state index contributed by atoms with van der Waals surface area (Å²) in [7, 11) is 0. The Morgan fingerprint density at radius 3 is 2.17 bits per heavy atom. The topological polar surface area (TPSA) is 15.7 Å². The molecule has 0 aromatic heterocycles. The first-order chi connectivity index (χ1) is 14.8. The van der Waals surface area contributed by atoms with Crippen molar-refractivity contribution in [2.24, 2.45) is 0 Å². The largest absolute Gasteiger partial charge is 0.367 e. The van der Waals surface area contributed by atoms with E-state index in [1.165, 1.54) is 82.3 Å². The second-order valence-corrected chi connectivity index (χ2v) is 10.2. The number of rotatable bonds is 4. The van der Waals surface area contributed by atoms with Crippen molar-refractivity contribution >= 4 is 0 Å². The summed E-state index contributed by atoms with van der Waals surface area (Å²) in [6, 6.07) is 10.3. The summed E-state index contributed by atoms with van der Waals surface area (Å²) in [5, 5.41) is 0. The zero-order valence-corrected chi connectivity index (χ0v) is 18.5. The molecule has 0 N–H and O–H groups in total. The van der Waals surface area contributed by atoms with E-state index in [-0.39, 0.29) is 18.4 Å². The molecule has 0 unspecified atom stereocenters. The lowest BCUT2D eigenvalue weighted by atomic mass is 9.73. The Labute approximate surface area is 182 Å². The molecule has 2 saturated carbocycles. The van der Waals surface area contributed by atoms with E-state index < -0.39 is 0 Å². The molecule has 2 aliphatic heterocycles. The number of hydrogen-bond acceptors (Lipinski definition) is 3. The highest BCUT2D eigenvalue weighted by atomic mass is 19.1. The van der Waals surface area contributed by atoms with Gasteiger partial charge in [-0.25, -0.2) is 0 Å². The third-order valence-corrected chi connectivity index (χ3v) is 8.50. The van der Waals surface area contributed by atoms with Gasteiger partial charge in [0.15, 0.2) is 0 Å². The highest BCUT2D eigenvalue weighted by Gasteiger charge is 2.44. The minimum Gasteiger partial charge on any atom is -0.367 e. The molecule has 3 nitrogen and oxygen atoms in total. The van der Waals surface area contributed by atoms with Crippen LogP contribution in [0.1, 0.15) is 75.3 Å². The van der Waals surface area contributed by atoms with Gasteiger partial charge in [0, 0.05) is 44.7 Å². The van der Waals surface area contributed by atoms with Crippen LogP contribution in [0.2, 0.25) is 0 Å². The van der Waals surface area contributed by atoms with Crippen LogP contribution in [0.3, 0.4) is 0 Å². The third kappa shape index (κ3) is 4.20. The maximum atomic E-state index is 13.1. The summed E-state index contributed by atoms with van der Waals surface area (Å²) < 4.78 is 19.7. The Kier molecular flexibility index (Phi) is 6.45. The second kappa shape index (κ2) is 9.26. The highest BCUT2D eigenvalue weighted by Crippen LogP contribution is 2.47. The van der Waals surface area contributed by atoms with Gasteiger partial charge < -0.3 is 4.74 Å². The van der Waals surface area contributed by atoms with Crippen molar-refractivity contribution < 1.29 is 9.13 Å². The molecule has 1 saturated heterocycles. The Morgan fingerprint density at radius 2 is 1.50 bits per heavy atom. The smallest absolute Gasteiger partial charge is 0.0939 e. The van der Waals surface area contributed by atoms with Crippen LogP contribution in [-0.2, 0) is 16.8 Å². The average molecular weight is 415 g/mol. The maximum Gasteiger partial charge on any atom is 0.0939 e. The number of fused-ring (bicyclic) bond motifs is 2. The molecule has 5 rings (SSSR count). The lowest BCUT2D eigenvalue weighted by molar-refractivity contribution is -0.142. The quantitative estimate of drug-likeness (QED) is 0.684. The van der Waals surface area contributed by atoms with Crippen LogP contribution in [0, 0.1) is 0 Å². The minimum absolute atomic E-state index is 0.0421. The fraction of sp³-hybridized carbons (Fsp3) is 0.769. The van der Waals surface area contributed by atoms with Crippen molar-refractivity contribution in [1.82, 2.24) is 9.80 Å². The van der Waals surface area contributed by atoms with E-state index in [1.807, 2.05) is 0 Å². The summed E-state index contributed by atoms with van der Waals surface area (Å²) in [4.78, 5) is 5.54. The zero-order chi connectivity index (χ0) is 20.4. The fourth-order valence-electron chi connectivity index (χ4n) is 6.83. The second-order valence-electron chi connectivity index (χ2n) is 10.2. The van der Waals surface area contributed by atoms with Crippen molar-refractivity contribution in [3.63, 3.8) is 0 Å². The van der Waals surface area contributed by atoms with Gasteiger partial charge in [-0.1, -0.05) is 43.5 Å². The Bertz CT molecular complexity index is 688. The van der Waals surface area contributed by atoms with Gasteiger partial charge in [0.25, 0.3) is 0 Å². The number of alkyl halides is 1. The number of halogens is 1. The molecule has 1 aromatic rings. The molecule has 1 spiro atoms. The minimum atomic E-state index is -0.281. The normalized spacial score (nSPS) is 34.2. The van der Waals surface area contributed by atoms with Crippen molar-refractivity contribution in [3.05, 3.63) is 35.4 Å². The van der Waals surface area contributed by atoms with E-state index >= 15 is 0 Å². The van der Waals surface area contributed by atoms with Crippen LogP contribution < -0.4 is 0 Å². The Morgan fingerprint density at radius 1 is 0.867 bits per heavy atom. The monoisotopic (exact) mass is 414 g/mol. The number of piperazine rings is 1. The first-order valence-corrected chi connectivity index (χ1v) is 12.6. The van der Waals surface area contributed by atoms with E-state index in [9.17, 15) is 4.39 Å². The van der Waals surface area contributed by atoms with Crippen LogP contribution in [-0.4, -0.2) is 60.8 Å². The maximum absolute atomic E-state index is 13.1. The predicted molar refractivity (Wildman–Crippen MR) is 120 cm³/mol. The molecule has 1 atom stereocenters. The van der Waals surface area contributed by atoms with Crippen molar-refractivity contribution in [2.45, 2.75) is 94.4 Å². The van der Waals surface area contributed by atoms with Crippen molar-refractivity contribution in [1.29, 1.82) is 0 Å². The summed E-state index contributed by atoms with van der Waals surface area (Å²) >= 11 is 0. The highest BCUT2D eigenvalue weighted by molar-refractivity contribution is 5.35. The number of hydrogen-bond donors (Lipinski definition) is 0. The lowest BCUT2D eigenvalue weighted by Crippen LogP contribution is -2.55. The summed E-state index contributed by atoms with van der Waals surface area (Å²) in [6.07, 6.45) is 13.2. The van der Waals surface area contributed by atoms with E-state index in [1.54, 1.807) is 0 Å². The fourth-order valence-corrected chi connectivity index (χ4v) is 6.83. The Balaban J connectivity index is 1.20.